The largest absolute Gasteiger partial charge is 0.458 e. The molecule has 0 aromatic carbocycles. The molecule has 0 aromatic rings. The lowest BCUT2D eigenvalue weighted by Crippen LogP contribution is -2.43. The Bertz CT molecular complexity index is 856. The first-order chi connectivity index (χ1) is 14.9. The van der Waals surface area contributed by atoms with E-state index in [2.05, 4.69) is 33.8 Å². The van der Waals surface area contributed by atoms with E-state index in [-0.39, 0.29) is 23.9 Å². The molecular formula is C25H40O6S. The number of cyclic esters (lactones) is 1. The van der Waals surface area contributed by atoms with Crippen LogP contribution in [-0.4, -0.2) is 32.2 Å². The van der Waals surface area contributed by atoms with Crippen LogP contribution < -0.4 is 0 Å². The van der Waals surface area contributed by atoms with Crippen LogP contribution in [0.2, 0.25) is 0 Å². The molecule has 1 unspecified atom stereocenters. The highest BCUT2D eigenvalue weighted by molar-refractivity contribution is 7.80. The zero-order valence-corrected chi connectivity index (χ0v) is 20.9. The number of esters is 1. The fourth-order valence-corrected chi connectivity index (χ4v) is 6.46. The fraction of sp³-hybridized carbons (Fsp3) is 0.800. The normalized spacial score (nSPS) is 30.8. The van der Waals surface area contributed by atoms with Crippen LogP contribution in [0.5, 0.6) is 0 Å². The number of rotatable bonds is 10. The van der Waals surface area contributed by atoms with E-state index in [4.69, 9.17) is 13.5 Å². The van der Waals surface area contributed by atoms with Gasteiger partial charge in [-0.25, -0.2) is 8.98 Å². The minimum absolute atomic E-state index is 0.00819. The highest BCUT2D eigenvalue weighted by atomic mass is 32.3. The van der Waals surface area contributed by atoms with Gasteiger partial charge in [-0.05, 0) is 91.9 Å². The van der Waals surface area contributed by atoms with Crippen LogP contribution in [0.25, 0.3) is 0 Å². The lowest BCUT2D eigenvalue weighted by Gasteiger charge is -2.53. The number of ether oxygens (including phenoxy) is 1. The molecular weight excluding hydrogens is 428 g/mol. The molecule has 6 nitrogen and oxygen atoms in total. The van der Waals surface area contributed by atoms with E-state index in [1.807, 2.05) is 0 Å². The van der Waals surface area contributed by atoms with Crippen molar-refractivity contribution in [3.05, 3.63) is 23.3 Å². The summed E-state index contributed by atoms with van der Waals surface area (Å²) < 4.78 is 41.2. The van der Waals surface area contributed by atoms with Crippen molar-refractivity contribution < 1.29 is 26.7 Å². The summed E-state index contributed by atoms with van der Waals surface area (Å²) in [5.74, 6) is 0.937. The SMILES string of the molecule is C[C@H]1CC[C@@H]2C(=CCCC2(C)C)[C@@]1(C)CCC(CCCC1=CC(=O)OC1)COS(=O)(=O)O. The van der Waals surface area contributed by atoms with E-state index in [9.17, 15) is 13.2 Å². The van der Waals surface area contributed by atoms with E-state index >= 15 is 0 Å². The predicted octanol–water partition coefficient (Wildman–Crippen LogP) is 5.65. The third-order valence-electron chi connectivity index (χ3n) is 8.46. The first-order valence-electron chi connectivity index (χ1n) is 12.1. The van der Waals surface area contributed by atoms with E-state index in [1.165, 1.54) is 19.3 Å². The van der Waals surface area contributed by atoms with Gasteiger partial charge in [-0.1, -0.05) is 39.3 Å². The van der Waals surface area contributed by atoms with Crippen LogP contribution in [0.4, 0.5) is 0 Å². The third kappa shape index (κ3) is 6.23. The summed E-state index contributed by atoms with van der Waals surface area (Å²) in [6.07, 6.45) is 13.0. The maximum absolute atomic E-state index is 11.2. The summed E-state index contributed by atoms with van der Waals surface area (Å²) in [7, 11) is -4.46. The third-order valence-corrected chi connectivity index (χ3v) is 8.90. The lowest BCUT2D eigenvalue weighted by atomic mass is 9.52. The second-order valence-electron chi connectivity index (χ2n) is 11.1. The first-order valence-corrected chi connectivity index (χ1v) is 13.5. The van der Waals surface area contributed by atoms with Gasteiger partial charge < -0.3 is 4.74 Å². The second-order valence-corrected chi connectivity index (χ2v) is 12.1. The van der Waals surface area contributed by atoms with Gasteiger partial charge in [-0.2, -0.15) is 8.42 Å². The summed E-state index contributed by atoms with van der Waals surface area (Å²) in [6.45, 7) is 9.89. The number of carbonyl (C=O) groups excluding carboxylic acids is 1. The molecule has 0 radical (unpaired) electrons. The smallest absolute Gasteiger partial charge is 0.397 e. The number of hydrogen-bond donors (Lipinski definition) is 1. The van der Waals surface area contributed by atoms with Crippen LogP contribution in [0.1, 0.15) is 85.5 Å². The van der Waals surface area contributed by atoms with Crippen molar-refractivity contribution in [3.63, 3.8) is 0 Å². The summed E-state index contributed by atoms with van der Waals surface area (Å²) >= 11 is 0. The van der Waals surface area contributed by atoms with E-state index < -0.39 is 10.4 Å². The fourth-order valence-electron chi connectivity index (χ4n) is 6.10. The minimum atomic E-state index is -4.46. The van der Waals surface area contributed by atoms with Gasteiger partial charge in [0.25, 0.3) is 0 Å². The molecule has 1 saturated carbocycles. The molecule has 2 aliphatic carbocycles. The Kier molecular flexibility index (Phi) is 7.93. The zero-order valence-electron chi connectivity index (χ0n) is 20.1. The molecule has 3 rings (SSSR count). The standard InChI is InChI=1S/C25H40O6S/c1-18-10-11-21-22(9-6-13-24(21,2)3)25(18,4)14-12-19(17-31-32(27,28)29)7-5-8-20-15-23(26)30-16-20/h9,15,18-19,21H,5-8,10-14,16-17H2,1-4H3,(H,27,28,29)/t18-,19?,21+,25-/m0/s1. The van der Waals surface area contributed by atoms with E-state index in [0.29, 0.717) is 23.9 Å². The van der Waals surface area contributed by atoms with Crippen molar-refractivity contribution in [3.8, 4) is 0 Å². The molecule has 7 heteroatoms. The van der Waals surface area contributed by atoms with Crippen LogP contribution in [-0.2, 0) is 24.1 Å². The van der Waals surface area contributed by atoms with Crippen molar-refractivity contribution >= 4 is 16.4 Å². The van der Waals surface area contributed by atoms with Crippen LogP contribution in [0, 0.1) is 28.6 Å². The highest BCUT2D eigenvalue weighted by Gasteiger charge is 2.47. The number of allylic oxidation sites excluding steroid dienone is 2. The molecule has 0 spiro atoms. The van der Waals surface area contributed by atoms with Gasteiger partial charge in [0.15, 0.2) is 0 Å². The topological polar surface area (TPSA) is 89.9 Å². The zero-order chi connectivity index (χ0) is 23.6. The van der Waals surface area contributed by atoms with Crippen molar-refractivity contribution in [2.24, 2.45) is 28.6 Å². The Labute approximate surface area is 193 Å². The molecule has 182 valence electrons. The summed E-state index contributed by atoms with van der Waals surface area (Å²) in [6, 6.07) is 0. The van der Waals surface area contributed by atoms with Crippen molar-refractivity contribution in [1.82, 2.24) is 0 Å². The molecule has 4 atom stereocenters. The van der Waals surface area contributed by atoms with Gasteiger partial charge >= 0.3 is 16.4 Å². The Morgan fingerprint density at radius 3 is 2.66 bits per heavy atom. The van der Waals surface area contributed by atoms with Gasteiger partial charge in [0, 0.05) is 6.08 Å². The maximum Gasteiger partial charge on any atom is 0.397 e. The van der Waals surface area contributed by atoms with Crippen LogP contribution in [0.3, 0.4) is 0 Å². The Hall–Kier alpha value is -1.18. The van der Waals surface area contributed by atoms with Crippen LogP contribution in [0.15, 0.2) is 23.3 Å². The minimum Gasteiger partial charge on any atom is -0.458 e. The van der Waals surface area contributed by atoms with Gasteiger partial charge in [-0.15, -0.1) is 0 Å². The quantitative estimate of drug-likeness (QED) is 0.253. The molecule has 1 N–H and O–H groups in total. The predicted molar refractivity (Wildman–Crippen MR) is 124 cm³/mol. The van der Waals surface area contributed by atoms with Gasteiger partial charge in [-0.3, -0.25) is 4.55 Å². The molecule has 32 heavy (non-hydrogen) atoms. The van der Waals surface area contributed by atoms with Crippen molar-refractivity contribution in [1.29, 1.82) is 0 Å². The number of hydrogen-bond acceptors (Lipinski definition) is 5. The second kappa shape index (κ2) is 9.98. The molecule has 0 aromatic heterocycles. The molecule has 0 amide bonds. The Balaban J connectivity index is 1.66. The van der Waals surface area contributed by atoms with E-state index in [0.717, 1.165) is 44.1 Å². The Morgan fingerprint density at radius 2 is 2.00 bits per heavy atom. The van der Waals surface area contributed by atoms with Crippen molar-refractivity contribution in [2.45, 2.75) is 85.5 Å². The highest BCUT2D eigenvalue weighted by Crippen LogP contribution is 2.58. The molecule has 1 heterocycles. The maximum atomic E-state index is 11.2. The van der Waals surface area contributed by atoms with Gasteiger partial charge in [0.05, 0.1) is 6.61 Å². The van der Waals surface area contributed by atoms with Gasteiger partial charge in [0.1, 0.15) is 6.61 Å². The van der Waals surface area contributed by atoms with E-state index in [1.54, 1.807) is 11.6 Å². The summed E-state index contributed by atoms with van der Waals surface area (Å²) in [5.41, 5.74) is 3.02. The first kappa shape index (κ1) is 25.4. The average Bonchev–Trinajstić information content (AvgIpc) is 3.11. The summed E-state index contributed by atoms with van der Waals surface area (Å²) in [5, 5.41) is 0. The monoisotopic (exact) mass is 468 g/mol. The molecule has 1 fully saturated rings. The molecule has 0 saturated heterocycles. The average molecular weight is 469 g/mol. The Morgan fingerprint density at radius 1 is 1.25 bits per heavy atom. The summed E-state index contributed by atoms with van der Waals surface area (Å²) in [4.78, 5) is 11.2. The molecule has 0 bridgehead atoms. The number of carbonyl (C=O) groups is 1. The molecule has 1 aliphatic heterocycles. The molecule has 3 aliphatic rings. The lowest BCUT2D eigenvalue weighted by molar-refractivity contribution is -0.134. The van der Waals surface area contributed by atoms with Crippen molar-refractivity contribution in [2.75, 3.05) is 13.2 Å². The van der Waals surface area contributed by atoms with Gasteiger partial charge in [0.2, 0.25) is 0 Å². The number of fused-ring (bicyclic) bond motifs is 1. The van der Waals surface area contributed by atoms with Crippen LogP contribution >= 0.6 is 0 Å².